The molecule has 28 heavy (non-hydrogen) atoms. The molecule has 3 N–H and O–H groups in total. The van der Waals surface area contributed by atoms with Crippen LogP contribution in [-0.4, -0.2) is 28.9 Å². The van der Waals surface area contributed by atoms with E-state index in [4.69, 9.17) is 5.11 Å². The highest BCUT2D eigenvalue weighted by molar-refractivity contribution is 5.87. The fourth-order valence-electron chi connectivity index (χ4n) is 4.36. The highest BCUT2D eigenvalue weighted by Gasteiger charge is 2.27. The minimum absolute atomic E-state index is 0.0127. The third kappa shape index (κ3) is 5.81. The van der Waals surface area contributed by atoms with Gasteiger partial charge in [-0.25, -0.2) is 4.79 Å². The van der Waals surface area contributed by atoms with Crippen molar-refractivity contribution in [2.75, 3.05) is 0 Å². The molecule has 0 heterocycles. The van der Waals surface area contributed by atoms with Gasteiger partial charge in [0.15, 0.2) is 0 Å². The van der Waals surface area contributed by atoms with Gasteiger partial charge in [-0.3, -0.25) is 9.59 Å². The van der Waals surface area contributed by atoms with Crippen LogP contribution in [0.1, 0.15) is 73.7 Å². The Bertz CT molecular complexity index is 687. The average Bonchev–Trinajstić information content (AvgIpc) is 3.20. The van der Waals surface area contributed by atoms with Crippen LogP contribution >= 0.6 is 0 Å². The van der Waals surface area contributed by atoms with E-state index >= 15 is 0 Å². The molecule has 2 aliphatic rings. The molecule has 2 aliphatic carbocycles. The summed E-state index contributed by atoms with van der Waals surface area (Å²) in [5, 5.41) is 15.0. The van der Waals surface area contributed by atoms with E-state index in [1.165, 1.54) is 25.7 Å². The fraction of sp³-hybridized carbons (Fsp3) is 0.591. The third-order valence-electron chi connectivity index (χ3n) is 6.08. The number of carbonyl (C=O) groups excluding carboxylic acids is 2. The van der Waals surface area contributed by atoms with Gasteiger partial charge >= 0.3 is 5.97 Å². The predicted octanol–water partition coefficient (Wildman–Crippen LogP) is 3.26. The summed E-state index contributed by atoms with van der Waals surface area (Å²) in [4.78, 5) is 35.5. The first kappa shape index (κ1) is 20.4. The molecule has 0 aliphatic heterocycles. The molecule has 2 saturated carbocycles. The summed E-state index contributed by atoms with van der Waals surface area (Å²) in [5.74, 6) is -0.196. The Hall–Kier alpha value is -2.37. The number of amides is 2. The number of carbonyl (C=O) groups is 3. The lowest BCUT2D eigenvalue weighted by molar-refractivity contribution is -0.126. The van der Waals surface area contributed by atoms with Crippen molar-refractivity contribution in [2.45, 2.75) is 70.4 Å². The van der Waals surface area contributed by atoms with Crippen molar-refractivity contribution in [3.8, 4) is 0 Å². The fourth-order valence-corrected chi connectivity index (χ4v) is 4.36. The summed E-state index contributed by atoms with van der Waals surface area (Å²) in [6.07, 6.45) is 8.80. The number of aromatic carboxylic acids is 1. The minimum atomic E-state index is -0.956. The maximum atomic E-state index is 12.4. The Labute approximate surface area is 166 Å². The van der Waals surface area contributed by atoms with Gasteiger partial charge in [0.05, 0.1) is 5.56 Å². The summed E-state index contributed by atoms with van der Waals surface area (Å²) < 4.78 is 0. The summed E-state index contributed by atoms with van der Waals surface area (Å²) in [7, 11) is 0. The van der Waals surface area contributed by atoms with E-state index in [2.05, 4.69) is 10.6 Å². The molecule has 0 spiro atoms. The number of nitrogens with one attached hydrogen (secondary N) is 2. The molecule has 1 aromatic rings. The molecular formula is C22H30N2O4. The molecule has 1 aromatic carbocycles. The summed E-state index contributed by atoms with van der Waals surface area (Å²) in [6, 6.07) is 6.73. The number of hydrogen-bond donors (Lipinski definition) is 3. The molecule has 0 aromatic heterocycles. The Kier molecular flexibility index (Phi) is 7.06. The molecule has 0 atom stereocenters. The molecule has 6 nitrogen and oxygen atoms in total. The lowest BCUT2D eigenvalue weighted by Crippen LogP contribution is -2.41. The van der Waals surface area contributed by atoms with E-state index in [0.29, 0.717) is 18.9 Å². The second-order valence-electron chi connectivity index (χ2n) is 8.19. The van der Waals surface area contributed by atoms with Gasteiger partial charge in [-0.15, -0.1) is 0 Å². The van der Waals surface area contributed by atoms with Crippen molar-refractivity contribution in [3.63, 3.8) is 0 Å². The monoisotopic (exact) mass is 386 g/mol. The van der Waals surface area contributed by atoms with Gasteiger partial charge in [-0.05, 0) is 62.1 Å². The standard InChI is InChI=1S/C22H30N2O4/c25-20(13-15-3-1-2-4-15)24-19-11-9-17(10-12-19)21(26)23-14-16-5-7-18(8-6-16)22(27)28/h5-8,15,17,19H,1-4,9-14H2,(H,23,26)(H,24,25)(H,27,28). The number of rotatable bonds is 7. The van der Waals surface area contributed by atoms with Crippen LogP contribution in [0.4, 0.5) is 0 Å². The predicted molar refractivity (Wildman–Crippen MR) is 106 cm³/mol. The smallest absolute Gasteiger partial charge is 0.335 e. The van der Waals surface area contributed by atoms with E-state index in [0.717, 1.165) is 31.2 Å². The molecule has 6 heteroatoms. The van der Waals surface area contributed by atoms with Crippen LogP contribution < -0.4 is 10.6 Å². The molecule has 0 bridgehead atoms. The van der Waals surface area contributed by atoms with E-state index < -0.39 is 5.97 Å². The third-order valence-corrected chi connectivity index (χ3v) is 6.08. The van der Waals surface area contributed by atoms with Crippen LogP contribution in [-0.2, 0) is 16.1 Å². The second kappa shape index (κ2) is 9.71. The summed E-state index contributed by atoms with van der Waals surface area (Å²) in [6.45, 7) is 0.400. The Morgan fingerprint density at radius 2 is 1.57 bits per heavy atom. The van der Waals surface area contributed by atoms with E-state index in [1.807, 2.05) is 0 Å². The van der Waals surface area contributed by atoms with Gasteiger partial charge in [-0.2, -0.15) is 0 Å². The van der Waals surface area contributed by atoms with Crippen molar-refractivity contribution >= 4 is 17.8 Å². The van der Waals surface area contributed by atoms with Crippen LogP contribution in [0.3, 0.4) is 0 Å². The zero-order valence-corrected chi connectivity index (χ0v) is 16.3. The van der Waals surface area contributed by atoms with Gasteiger partial charge in [0.25, 0.3) is 0 Å². The number of carboxylic acids is 1. The van der Waals surface area contributed by atoms with Gasteiger partial charge in [0.1, 0.15) is 0 Å². The highest BCUT2D eigenvalue weighted by atomic mass is 16.4. The van der Waals surface area contributed by atoms with Gasteiger partial charge in [0.2, 0.25) is 11.8 Å². The van der Waals surface area contributed by atoms with Crippen molar-refractivity contribution in [1.29, 1.82) is 0 Å². The van der Waals surface area contributed by atoms with Crippen molar-refractivity contribution in [3.05, 3.63) is 35.4 Å². The van der Waals surface area contributed by atoms with E-state index in [9.17, 15) is 14.4 Å². The Morgan fingerprint density at radius 1 is 0.929 bits per heavy atom. The largest absolute Gasteiger partial charge is 0.478 e. The molecule has 0 unspecified atom stereocenters. The molecule has 152 valence electrons. The maximum Gasteiger partial charge on any atom is 0.335 e. The van der Waals surface area contributed by atoms with Crippen LogP contribution in [0, 0.1) is 11.8 Å². The average molecular weight is 386 g/mol. The minimum Gasteiger partial charge on any atom is -0.478 e. The van der Waals surface area contributed by atoms with E-state index in [1.54, 1.807) is 24.3 Å². The number of hydrogen-bond acceptors (Lipinski definition) is 3. The Balaban J connectivity index is 1.36. The van der Waals surface area contributed by atoms with Crippen LogP contribution in [0.15, 0.2) is 24.3 Å². The van der Waals surface area contributed by atoms with Gasteiger partial charge in [0, 0.05) is 24.9 Å². The topological polar surface area (TPSA) is 95.5 Å². The Morgan fingerprint density at radius 3 is 2.18 bits per heavy atom. The molecule has 0 saturated heterocycles. The highest BCUT2D eigenvalue weighted by Crippen LogP contribution is 2.28. The number of benzene rings is 1. The first-order chi connectivity index (χ1) is 13.5. The maximum absolute atomic E-state index is 12.4. The second-order valence-corrected chi connectivity index (χ2v) is 8.19. The molecule has 2 amide bonds. The first-order valence-corrected chi connectivity index (χ1v) is 10.4. The van der Waals surface area contributed by atoms with Crippen molar-refractivity contribution in [1.82, 2.24) is 10.6 Å². The van der Waals surface area contributed by atoms with Gasteiger partial charge in [-0.1, -0.05) is 25.0 Å². The quantitative estimate of drug-likeness (QED) is 0.670. The van der Waals surface area contributed by atoms with Crippen LogP contribution in [0.25, 0.3) is 0 Å². The molecule has 3 rings (SSSR count). The zero-order valence-electron chi connectivity index (χ0n) is 16.3. The van der Waals surface area contributed by atoms with Gasteiger partial charge < -0.3 is 15.7 Å². The van der Waals surface area contributed by atoms with Crippen molar-refractivity contribution in [2.24, 2.45) is 11.8 Å². The summed E-state index contributed by atoms with van der Waals surface area (Å²) >= 11 is 0. The van der Waals surface area contributed by atoms with Crippen LogP contribution in [0.5, 0.6) is 0 Å². The molecular weight excluding hydrogens is 356 g/mol. The molecule has 0 radical (unpaired) electrons. The SMILES string of the molecule is O=C(CC1CCCC1)NC1CCC(C(=O)NCc2ccc(C(=O)O)cc2)CC1. The first-order valence-electron chi connectivity index (χ1n) is 10.4. The normalized spacial score (nSPS) is 22.6. The lowest BCUT2D eigenvalue weighted by Gasteiger charge is -2.28. The van der Waals surface area contributed by atoms with E-state index in [-0.39, 0.29) is 29.3 Å². The van der Waals surface area contributed by atoms with Crippen LogP contribution in [0.2, 0.25) is 0 Å². The lowest BCUT2D eigenvalue weighted by atomic mass is 9.85. The van der Waals surface area contributed by atoms with Crippen molar-refractivity contribution < 1.29 is 19.5 Å². The number of carboxylic acid groups (broad SMARTS) is 1. The molecule has 2 fully saturated rings. The zero-order chi connectivity index (χ0) is 19.9. The summed E-state index contributed by atoms with van der Waals surface area (Å²) in [5.41, 5.74) is 1.12.